The van der Waals surface area contributed by atoms with Crippen LogP contribution in [0.1, 0.15) is 25.7 Å². The molecule has 0 aliphatic heterocycles. The molecule has 1 aromatic rings. The molecule has 0 saturated heterocycles. The lowest BCUT2D eigenvalue weighted by Crippen LogP contribution is -2.32. The van der Waals surface area contributed by atoms with E-state index in [1.165, 1.54) is 12.1 Å². The highest BCUT2D eigenvalue weighted by Gasteiger charge is 2.37. The first-order chi connectivity index (χ1) is 8.46. The molecule has 1 aromatic heterocycles. The number of nitrogens with zero attached hydrogens (tertiary/aromatic N) is 2. The Morgan fingerprint density at radius 3 is 2.56 bits per heavy atom. The number of aromatic nitrogens is 2. The third-order valence-corrected chi connectivity index (χ3v) is 3.17. The fraction of sp³-hybridized carbons (Fsp3) is 0.545. The number of nitrogens with one attached hydrogen (secondary N) is 1. The quantitative estimate of drug-likeness (QED) is 0.903. The van der Waals surface area contributed by atoms with Crippen LogP contribution in [0.4, 0.5) is 14.6 Å². The summed E-state index contributed by atoms with van der Waals surface area (Å²) in [5.41, 5.74) is 0. The minimum Gasteiger partial charge on any atom is -0.309 e. The molecule has 1 aliphatic carbocycles. The lowest BCUT2D eigenvalue weighted by molar-refractivity contribution is -0.124. The molecule has 18 heavy (non-hydrogen) atoms. The van der Waals surface area contributed by atoms with E-state index in [1.54, 1.807) is 0 Å². The molecule has 2 rings (SSSR count). The average Bonchev–Trinajstić information content (AvgIpc) is 2.32. The molecule has 1 N–H and O–H groups in total. The van der Waals surface area contributed by atoms with Crippen molar-refractivity contribution < 1.29 is 13.6 Å². The molecule has 0 atom stereocenters. The van der Waals surface area contributed by atoms with Gasteiger partial charge < -0.3 is 5.32 Å². The van der Waals surface area contributed by atoms with E-state index in [4.69, 9.17) is 11.6 Å². The maximum absolute atomic E-state index is 12.9. The van der Waals surface area contributed by atoms with Crippen molar-refractivity contribution in [1.82, 2.24) is 10.2 Å². The maximum Gasteiger partial charge on any atom is 0.248 e. The number of alkyl halides is 2. The summed E-state index contributed by atoms with van der Waals surface area (Å²) in [4.78, 5) is 11.8. The Morgan fingerprint density at radius 1 is 1.33 bits per heavy atom. The molecule has 0 bridgehead atoms. The predicted octanol–water partition coefficient (Wildman–Crippen LogP) is 2.89. The first-order valence-corrected chi connectivity index (χ1v) is 6.02. The summed E-state index contributed by atoms with van der Waals surface area (Å²) in [5, 5.41) is 10.0. The van der Waals surface area contributed by atoms with E-state index in [9.17, 15) is 13.6 Å². The molecule has 4 nitrogen and oxygen atoms in total. The highest BCUT2D eigenvalue weighted by Crippen LogP contribution is 2.36. The van der Waals surface area contributed by atoms with Gasteiger partial charge in [-0.3, -0.25) is 4.79 Å². The lowest BCUT2D eigenvalue weighted by atomic mass is 9.86. The van der Waals surface area contributed by atoms with Crippen LogP contribution in [0, 0.1) is 5.92 Å². The van der Waals surface area contributed by atoms with Crippen LogP contribution in [0.15, 0.2) is 12.1 Å². The van der Waals surface area contributed by atoms with E-state index in [0.29, 0.717) is 0 Å². The fourth-order valence-electron chi connectivity index (χ4n) is 1.91. The van der Waals surface area contributed by atoms with Gasteiger partial charge in [-0.15, -0.1) is 10.2 Å². The van der Waals surface area contributed by atoms with Gasteiger partial charge >= 0.3 is 0 Å². The summed E-state index contributed by atoms with van der Waals surface area (Å²) in [6.07, 6.45) is -0.0888. The normalized spacial score (nSPS) is 19.5. The largest absolute Gasteiger partial charge is 0.309 e. The summed E-state index contributed by atoms with van der Waals surface area (Å²) >= 11 is 5.56. The maximum atomic E-state index is 12.9. The number of rotatable bonds is 2. The van der Waals surface area contributed by atoms with E-state index in [1.807, 2.05) is 0 Å². The zero-order valence-corrected chi connectivity index (χ0v) is 10.3. The minimum absolute atomic E-state index is 0.194. The highest BCUT2D eigenvalue weighted by molar-refractivity contribution is 6.29. The van der Waals surface area contributed by atoms with Gasteiger partial charge in [0, 0.05) is 18.8 Å². The summed E-state index contributed by atoms with van der Waals surface area (Å²) in [6, 6.07) is 3.02. The van der Waals surface area contributed by atoms with E-state index >= 15 is 0 Å². The van der Waals surface area contributed by atoms with Crippen molar-refractivity contribution in [2.75, 3.05) is 5.32 Å². The molecule has 0 unspecified atom stereocenters. The van der Waals surface area contributed by atoms with Gasteiger partial charge in [-0.2, -0.15) is 0 Å². The van der Waals surface area contributed by atoms with Gasteiger partial charge in [0.1, 0.15) is 0 Å². The molecule has 7 heteroatoms. The topological polar surface area (TPSA) is 54.9 Å². The molecular weight excluding hydrogens is 264 g/mol. The van der Waals surface area contributed by atoms with Gasteiger partial charge in [-0.25, -0.2) is 8.78 Å². The van der Waals surface area contributed by atoms with E-state index in [2.05, 4.69) is 15.5 Å². The summed E-state index contributed by atoms with van der Waals surface area (Å²) in [7, 11) is 0. The van der Waals surface area contributed by atoms with E-state index in [0.717, 1.165) is 0 Å². The van der Waals surface area contributed by atoms with Crippen LogP contribution in [0.3, 0.4) is 0 Å². The Balaban J connectivity index is 1.91. The Bertz CT molecular complexity index is 428. The predicted molar refractivity (Wildman–Crippen MR) is 62.6 cm³/mol. The SMILES string of the molecule is O=C(Nc1ccc(Cl)nn1)C1CCC(F)(F)CC1. The van der Waals surface area contributed by atoms with Crippen molar-refractivity contribution in [2.24, 2.45) is 5.92 Å². The van der Waals surface area contributed by atoms with Crippen molar-refractivity contribution in [1.29, 1.82) is 0 Å². The number of anilines is 1. The number of carbonyl (C=O) groups excluding carboxylic acids is 1. The highest BCUT2D eigenvalue weighted by atomic mass is 35.5. The molecule has 0 spiro atoms. The molecule has 1 aliphatic rings. The van der Waals surface area contributed by atoms with Crippen molar-refractivity contribution in [3.63, 3.8) is 0 Å². The Kier molecular flexibility index (Phi) is 3.75. The number of hydrogen-bond acceptors (Lipinski definition) is 3. The summed E-state index contributed by atoms with van der Waals surface area (Å²) < 4.78 is 25.9. The Morgan fingerprint density at radius 2 is 2.00 bits per heavy atom. The fourth-order valence-corrected chi connectivity index (χ4v) is 2.01. The van der Waals surface area contributed by atoms with Crippen molar-refractivity contribution in [3.05, 3.63) is 17.3 Å². The third-order valence-electron chi connectivity index (χ3n) is 2.97. The summed E-state index contributed by atoms with van der Waals surface area (Å²) in [5.74, 6) is -3.03. The summed E-state index contributed by atoms with van der Waals surface area (Å²) in [6.45, 7) is 0. The Labute approximate surface area is 108 Å². The van der Waals surface area contributed by atoms with Crippen LogP contribution in [0.25, 0.3) is 0 Å². The molecule has 98 valence electrons. The second-order valence-corrected chi connectivity index (χ2v) is 4.75. The molecular formula is C11H12ClF2N3O. The molecule has 0 aromatic carbocycles. The molecule has 1 saturated carbocycles. The van der Waals surface area contributed by atoms with Gasteiger partial charge in [0.25, 0.3) is 0 Å². The second-order valence-electron chi connectivity index (χ2n) is 4.36. The van der Waals surface area contributed by atoms with Gasteiger partial charge in [0.05, 0.1) is 0 Å². The minimum atomic E-state index is -2.63. The monoisotopic (exact) mass is 275 g/mol. The van der Waals surface area contributed by atoms with Crippen LogP contribution >= 0.6 is 11.6 Å². The average molecular weight is 276 g/mol. The van der Waals surface area contributed by atoms with Crippen molar-refractivity contribution >= 4 is 23.3 Å². The van der Waals surface area contributed by atoms with Crippen LogP contribution in [-0.4, -0.2) is 22.0 Å². The van der Waals surface area contributed by atoms with Crippen LogP contribution in [0.2, 0.25) is 5.15 Å². The van der Waals surface area contributed by atoms with Gasteiger partial charge in [0.15, 0.2) is 11.0 Å². The number of carbonyl (C=O) groups is 1. The van der Waals surface area contributed by atoms with Gasteiger partial charge in [-0.1, -0.05) is 11.6 Å². The molecule has 1 amide bonds. The van der Waals surface area contributed by atoms with Gasteiger partial charge in [0.2, 0.25) is 11.8 Å². The van der Waals surface area contributed by atoms with Crippen molar-refractivity contribution in [2.45, 2.75) is 31.6 Å². The van der Waals surface area contributed by atoms with Crippen LogP contribution < -0.4 is 5.32 Å². The van der Waals surface area contributed by atoms with Crippen LogP contribution in [0.5, 0.6) is 0 Å². The zero-order valence-electron chi connectivity index (χ0n) is 9.50. The Hall–Kier alpha value is -1.30. The number of halogens is 3. The van der Waals surface area contributed by atoms with E-state index in [-0.39, 0.29) is 48.5 Å². The standard InChI is InChI=1S/C11H12ClF2N3O/c12-8-1-2-9(17-16-8)15-10(18)7-3-5-11(13,14)6-4-7/h1-2,7H,3-6H2,(H,15,17,18). The first-order valence-electron chi connectivity index (χ1n) is 5.64. The third kappa shape index (κ3) is 3.35. The second kappa shape index (κ2) is 5.14. The van der Waals surface area contributed by atoms with E-state index < -0.39 is 5.92 Å². The molecule has 1 heterocycles. The van der Waals surface area contributed by atoms with Gasteiger partial charge in [-0.05, 0) is 25.0 Å². The molecule has 0 radical (unpaired) electrons. The lowest BCUT2D eigenvalue weighted by Gasteiger charge is -2.27. The van der Waals surface area contributed by atoms with Crippen molar-refractivity contribution in [3.8, 4) is 0 Å². The molecule has 1 fully saturated rings. The number of hydrogen-bond donors (Lipinski definition) is 1. The smallest absolute Gasteiger partial charge is 0.248 e. The van der Waals surface area contributed by atoms with Crippen LogP contribution in [-0.2, 0) is 4.79 Å². The first kappa shape index (κ1) is 13.1. The zero-order chi connectivity index (χ0) is 13.2. The number of amides is 1.